The molecule has 1 aliphatic rings. The first-order valence-electron chi connectivity index (χ1n) is 8.94. The lowest BCUT2D eigenvalue weighted by atomic mass is 10.1. The summed E-state index contributed by atoms with van der Waals surface area (Å²) in [6.45, 7) is 5.62. The first-order valence-corrected chi connectivity index (χ1v) is 8.94. The van der Waals surface area contributed by atoms with Crippen LogP contribution in [0, 0.1) is 0 Å². The van der Waals surface area contributed by atoms with Crippen LogP contribution in [0.2, 0.25) is 0 Å². The van der Waals surface area contributed by atoms with E-state index >= 15 is 0 Å². The molecule has 1 aromatic heterocycles. The summed E-state index contributed by atoms with van der Waals surface area (Å²) in [4.78, 5) is 40.1. The second-order valence-corrected chi connectivity index (χ2v) is 6.61. The van der Waals surface area contributed by atoms with Crippen LogP contribution in [-0.4, -0.2) is 59.6 Å². The van der Waals surface area contributed by atoms with Crippen LogP contribution in [-0.2, 0) is 4.79 Å². The Morgan fingerprint density at radius 2 is 1.81 bits per heavy atom. The number of anilines is 1. The Morgan fingerprint density at radius 3 is 2.44 bits per heavy atom. The van der Waals surface area contributed by atoms with Crippen LogP contribution in [0.15, 0.2) is 47.1 Å². The molecule has 0 spiro atoms. The van der Waals surface area contributed by atoms with Gasteiger partial charge < -0.3 is 14.6 Å². The fourth-order valence-electron chi connectivity index (χ4n) is 3.10. The van der Waals surface area contributed by atoms with E-state index in [1.807, 2.05) is 11.8 Å². The van der Waals surface area contributed by atoms with Gasteiger partial charge in [-0.2, -0.15) is 0 Å². The molecule has 142 valence electrons. The van der Waals surface area contributed by atoms with Gasteiger partial charge in [0.1, 0.15) is 0 Å². The summed E-state index contributed by atoms with van der Waals surface area (Å²) in [7, 11) is 0. The fraction of sp³-hybridized carbons (Fsp3) is 0.350. The maximum absolute atomic E-state index is 12.6. The molecule has 1 atom stereocenters. The van der Waals surface area contributed by atoms with Gasteiger partial charge in [0.2, 0.25) is 5.91 Å². The van der Waals surface area contributed by atoms with Gasteiger partial charge in [0.25, 0.3) is 5.91 Å². The summed E-state index contributed by atoms with van der Waals surface area (Å²) in [6.07, 6.45) is 1.48. The van der Waals surface area contributed by atoms with Gasteiger partial charge in [-0.25, -0.2) is 0 Å². The number of nitrogens with zero attached hydrogens (tertiary/aromatic N) is 2. The van der Waals surface area contributed by atoms with E-state index in [1.165, 1.54) is 13.2 Å². The molecule has 1 aliphatic heterocycles. The van der Waals surface area contributed by atoms with Gasteiger partial charge in [-0.05, 0) is 38.1 Å². The molecule has 7 heteroatoms. The van der Waals surface area contributed by atoms with Gasteiger partial charge in [-0.1, -0.05) is 12.1 Å². The Hall–Kier alpha value is -2.93. The predicted octanol–water partition coefficient (Wildman–Crippen LogP) is 2.27. The predicted molar refractivity (Wildman–Crippen MR) is 101 cm³/mol. The van der Waals surface area contributed by atoms with E-state index in [4.69, 9.17) is 4.42 Å². The summed E-state index contributed by atoms with van der Waals surface area (Å²) >= 11 is 0. The highest BCUT2D eigenvalue weighted by Gasteiger charge is 2.28. The van der Waals surface area contributed by atoms with Crippen molar-refractivity contribution in [1.82, 2.24) is 9.80 Å². The van der Waals surface area contributed by atoms with Gasteiger partial charge >= 0.3 is 0 Å². The summed E-state index contributed by atoms with van der Waals surface area (Å²) < 4.78 is 5.16. The molecular formula is C20H23N3O4. The zero-order chi connectivity index (χ0) is 19.4. The number of amides is 2. The van der Waals surface area contributed by atoms with E-state index in [2.05, 4.69) is 5.32 Å². The van der Waals surface area contributed by atoms with Crippen molar-refractivity contribution in [3.8, 4) is 0 Å². The molecule has 0 unspecified atom stereocenters. The molecule has 1 N–H and O–H groups in total. The van der Waals surface area contributed by atoms with E-state index in [-0.39, 0.29) is 23.6 Å². The van der Waals surface area contributed by atoms with Crippen molar-refractivity contribution in [3.63, 3.8) is 0 Å². The fourth-order valence-corrected chi connectivity index (χ4v) is 3.10. The minimum atomic E-state index is -0.341. The molecule has 0 saturated carbocycles. The number of hydrogen-bond acceptors (Lipinski definition) is 5. The number of Topliss-reactive ketones (excluding diaryl/α,β-unsaturated/α-hetero) is 1. The molecular weight excluding hydrogens is 346 g/mol. The Labute approximate surface area is 157 Å². The molecule has 7 nitrogen and oxygen atoms in total. The smallest absolute Gasteiger partial charge is 0.289 e. The Morgan fingerprint density at radius 1 is 1.07 bits per heavy atom. The van der Waals surface area contributed by atoms with Crippen LogP contribution < -0.4 is 5.32 Å². The summed E-state index contributed by atoms with van der Waals surface area (Å²) in [6, 6.07) is 9.90. The number of rotatable bonds is 5. The first-order chi connectivity index (χ1) is 13.0. The Bertz CT molecular complexity index is 824. The zero-order valence-electron chi connectivity index (χ0n) is 15.5. The summed E-state index contributed by atoms with van der Waals surface area (Å²) in [5.74, 6) is 0.0235. The lowest BCUT2D eigenvalue weighted by Crippen LogP contribution is -2.54. The normalized spacial score (nSPS) is 16.0. The third-order valence-corrected chi connectivity index (χ3v) is 4.80. The van der Waals surface area contributed by atoms with Gasteiger partial charge in [-0.3, -0.25) is 19.3 Å². The second kappa shape index (κ2) is 8.18. The summed E-state index contributed by atoms with van der Waals surface area (Å²) in [5, 5.41) is 2.86. The monoisotopic (exact) mass is 369 g/mol. The van der Waals surface area contributed by atoms with Crippen molar-refractivity contribution in [2.75, 3.05) is 31.5 Å². The average Bonchev–Trinajstić information content (AvgIpc) is 3.22. The largest absolute Gasteiger partial charge is 0.459 e. The third kappa shape index (κ3) is 4.43. The van der Waals surface area contributed by atoms with Crippen molar-refractivity contribution >= 4 is 23.3 Å². The van der Waals surface area contributed by atoms with Crippen LogP contribution in [0.5, 0.6) is 0 Å². The summed E-state index contributed by atoms with van der Waals surface area (Å²) in [5.41, 5.74) is 1.16. The maximum Gasteiger partial charge on any atom is 0.289 e. The number of benzene rings is 1. The lowest BCUT2D eigenvalue weighted by Gasteiger charge is -2.37. The average molecular weight is 369 g/mol. The highest BCUT2D eigenvalue weighted by atomic mass is 16.3. The standard InChI is InChI=1S/C20H23N3O4/c1-14(19(25)21-17-6-3-5-16(13-17)15(2)24)22-8-10-23(11-9-22)20(26)18-7-4-12-27-18/h3-7,12-14H,8-11H2,1-2H3,(H,21,25)/t14-/m1/s1. The van der Waals surface area contributed by atoms with Crippen LogP contribution in [0.3, 0.4) is 0 Å². The van der Waals surface area contributed by atoms with Crippen molar-refractivity contribution in [1.29, 1.82) is 0 Å². The number of piperazine rings is 1. The van der Waals surface area contributed by atoms with Crippen molar-refractivity contribution in [2.45, 2.75) is 19.9 Å². The molecule has 2 amide bonds. The molecule has 2 aromatic rings. The van der Waals surface area contributed by atoms with Crippen molar-refractivity contribution in [3.05, 3.63) is 54.0 Å². The number of ketones is 1. The molecule has 1 fully saturated rings. The second-order valence-electron chi connectivity index (χ2n) is 6.61. The minimum absolute atomic E-state index is 0.0449. The molecule has 0 aliphatic carbocycles. The SMILES string of the molecule is CC(=O)c1cccc(NC(=O)[C@@H](C)N2CCN(C(=O)c3ccco3)CC2)c1. The van der Waals surface area contributed by atoms with Crippen LogP contribution in [0.25, 0.3) is 0 Å². The topological polar surface area (TPSA) is 82.9 Å². The van der Waals surface area contributed by atoms with Crippen molar-refractivity contribution < 1.29 is 18.8 Å². The quantitative estimate of drug-likeness (QED) is 0.818. The van der Waals surface area contributed by atoms with Crippen LogP contribution >= 0.6 is 0 Å². The van der Waals surface area contributed by atoms with E-state index < -0.39 is 0 Å². The van der Waals surface area contributed by atoms with Crippen molar-refractivity contribution in [2.24, 2.45) is 0 Å². The van der Waals surface area contributed by atoms with E-state index in [0.29, 0.717) is 43.2 Å². The highest BCUT2D eigenvalue weighted by Crippen LogP contribution is 2.15. The molecule has 2 heterocycles. The van der Waals surface area contributed by atoms with E-state index in [1.54, 1.807) is 41.3 Å². The number of carbonyl (C=O) groups excluding carboxylic acids is 3. The van der Waals surface area contributed by atoms with Gasteiger partial charge in [0.05, 0.1) is 12.3 Å². The number of furan rings is 1. The van der Waals surface area contributed by atoms with Crippen LogP contribution in [0.1, 0.15) is 34.8 Å². The number of carbonyl (C=O) groups is 3. The number of nitrogens with one attached hydrogen (secondary N) is 1. The third-order valence-electron chi connectivity index (χ3n) is 4.80. The molecule has 3 rings (SSSR count). The molecule has 0 bridgehead atoms. The molecule has 1 aromatic carbocycles. The first kappa shape index (κ1) is 18.8. The zero-order valence-corrected chi connectivity index (χ0v) is 15.5. The van der Waals surface area contributed by atoms with Gasteiger partial charge in [-0.15, -0.1) is 0 Å². The molecule has 27 heavy (non-hydrogen) atoms. The van der Waals surface area contributed by atoms with Crippen LogP contribution in [0.4, 0.5) is 5.69 Å². The lowest BCUT2D eigenvalue weighted by molar-refractivity contribution is -0.121. The van der Waals surface area contributed by atoms with E-state index in [9.17, 15) is 14.4 Å². The Balaban J connectivity index is 1.55. The van der Waals surface area contributed by atoms with E-state index in [0.717, 1.165) is 0 Å². The molecule has 0 radical (unpaired) electrons. The minimum Gasteiger partial charge on any atom is -0.459 e. The highest BCUT2D eigenvalue weighted by molar-refractivity contribution is 5.98. The Kier molecular flexibility index (Phi) is 5.71. The maximum atomic E-state index is 12.6. The van der Waals surface area contributed by atoms with Gasteiger partial charge in [0, 0.05) is 37.4 Å². The molecule has 1 saturated heterocycles. The van der Waals surface area contributed by atoms with Gasteiger partial charge in [0.15, 0.2) is 11.5 Å². The number of hydrogen-bond donors (Lipinski definition) is 1.